The van der Waals surface area contributed by atoms with E-state index in [0.29, 0.717) is 22.9 Å². The van der Waals surface area contributed by atoms with Gasteiger partial charge >= 0.3 is 0 Å². The van der Waals surface area contributed by atoms with E-state index in [1.807, 2.05) is 0 Å². The molecule has 12 heavy (non-hydrogen) atoms. The van der Waals surface area contributed by atoms with Crippen LogP contribution < -0.4 is 10.1 Å². The Morgan fingerprint density at radius 3 is 2.92 bits per heavy atom. The Balaban J connectivity index is 3.03. The number of nitrogens with one attached hydrogen (secondary N) is 1. The van der Waals surface area contributed by atoms with Crippen molar-refractivity contribution in [3.8, 4) is 5.75 Å². The molecular weight excluding hydrogens is 178 g/mol. The molecule has 1 aromatic carbocycles. The molecule has 0 aromatic heterocycles. The predicted molar refractivity (Wildman–Crippen MR) is 47.7 cm³/mol. The van der Waals surface area contributed by atoms with Crippen molar-refractivity contribution in [3.63, 3.8) is 0 Å². The first-order chi connectivity index (χ1) is 5.77. The summed E-state index contributed by atoms with van der Waals surface area (Å²) >= 11 is 5.70. The van der Waals surface area contributed by atoms with Crippen molar-refractivity contribution in [2.45, 2.75) is 0 Å². The zero-order chi connectivity index (χ0) is 8.97. The van der Waals surface area contributed by atoms with Gasteiger partial charge in [-0.05, 0) is 18.2 Å². The van der Waals surface area contributed by atoms with Crippen molar-refractivity contribution in [1.82, 2.24) is 0 Å². The maximum atomic E-state index is 10.1. The SMILES string of the molecule is COc1ccc(Cl)cc1NC=O. The first-order valence-corrected chi connectivity index (χ1v) is 3.69. The second-order valence-corrected chi connectivity index (χ2v) is 2.54. The number of rotatable bonds is 3. The third-order valence-electron chi connectivity index (χ3n) is 1.38. The van der Waals surface area contributed by atoms with E-state index in [1.54, 1.807) is 18.2 Å². The number of ether oxygens (including phenoxy) is 1. The third-order valence-corrected chi connectivity index (χ3v) is 1.61. The Morgan fingerprint density at radius 1 is 1.58 bits per heavy atom. The molecule has 64 valence electrons. The van der Waals surface area contributed by atoms with E-state index in [4.69, 9.17) is 16.3 Å². The van der Waals surface area contributed by atoms with Gasteiger partial charge in [0.05, 0.1) is 12.8 Å². The molecular formula is C8H8ClNO2. The molecule has 1 rings (SSSR count). The van der Waals surface area contributed by atoms with Crippen LogP contribution >= 0.6 is 11.6 Å². The minimum absolute atomic E-state index is 0.556. The van der Waals surface area contributed by atoms with E-state index in [2.05, 4.69) is 5.32 Å². The van der Waals surface area contributed by atoms with Gasteiger partial charge in [-0.3, -0.25) is 4.79 Å². The Hall–Kier alpha value is -1.22. The van der Waals surface area contributed by atoms with Crippen LogP contribution in [-0.2, 0) is 4.79 Å². The van der Waals surface area contributed by atoms with E-state index < -0.39 is 0 Å². The number of benzene rings is 1. The molecule has 0 bridgehead atoms. The number of hydrogen-bond acceptors (Lipinski definition) is 2. The molecule has 0 aliphatic heterocycles. The third kappa shape index (κ3) is 1.89. The van der Waals surface area contributed by atoms with Crippen molar-refractivity contribution in [2.24, 2.45) is 0 Å². The summed E-state index contributed by atoms with van der Waals surface area (Å²) < 4.78 is 4.97. The Bertz CT molecular complexity index is 288. The van der Waals surface area contributed by atoms with Crippen LogP contribution in [0.1, 0.15) is 0 Å². The maximum absolute atomic E-state index is 10.1. The van der Waals surface area contributed by atoms with Crippen molar-refractivity contribution < 1.29 is 9.53 Å². The number of carbonyl (C=O) groups excluding carboxylic acids is 1. The number of carbonyl (C=O) groups is 1. The van der Waals surface area contributed by atoms with E-state index >= 15 is 0 Å². The van der Waals surface area contributed by atoms with Gasteiger partial charge in [0, 0.05) is 5.02 Å². The number of methoxy groups -OCH3 is 1. The summed E-state index contributed by atoms with van der Waals surface area (Å²) in [5, 5.41) is 3.03. The average Bonchev–Trinajstić information content (AvgIpc) is 2.05. The lowest BCUT2D eigenvalue weighted by Crippen LogP contribution is -1.96. The van der Waals surface area contributed by atoms with Gasteiger partial charge in [0.15, 0.2) is 0 Å². The van der Waals surface area contributed by atoms with Crippen LogP contribution in [0.15, 0.2) is 18.2 Å². The summed E-state index contributed by atoms with van der Waals surface area (Å²) in [6.07, 6.45) is 0.578. The largest absolute Gasteiger partial charge is 0.495 e. The van der Waals surface area contributed by atoms with Crippen LogP contribution in [0.4, 0.5) is 5.69 Å². The summed E-state index contributed by atoms with van der Waals surface area (Å²) in [5.41, 5.74) is 0.569. The van der Waals surface area contributed by atoms with Gasteiger partial charge in [0.1, 0.15) is 5.75 Å². The molecule has 0 saturated carbocycles. The minimum atomic E-state index is 0.556. The van der Waals surface area contributed by atoms with Gasteiger partial charge in [-0.25, -0.2) is 0 Å². The number of anilines is 1. The normalized spacial score (nSPS) is 9.17. The standard InChI is InChI=1S/C8H8ClNO2/c1-12-8-3-2-6(9)4-7(8)10-5-11/h2-5H,1H3,(H,10,11). The quantitative estimate of drug-likeness (QED) is 0.731. The highest BCUT2D eigenvalue weighted by Gasteiger charge is 2.01. The molecule has 0 unspecified atom stereocenters. The number of amides is 1. The molecule has 0 aliphatic rings. The van der Waals surface area contributed by atoms with Crippen molar-refractivity contribution in [2.75, 3.05) is 12.4 Å². The molecule has 0 aliphatic carbocycles. The Labute approximate surface area is 75.3 Å². The highest BCUT2D eigenvalue weighted by molar-refractivity contribution is 6.31. The molecule has 0 spiro atoms. The molecule has 3 nitrogen and oxygen atoms in total. The van der Waals surface area contributed by atoms with Crippen LogP contribution in [0.3, 0.4) is 0 Å². The smallest absolute Gasteiger partial charge is 0.211 e. The minimum Gasteiger partial charge on any atom is -0.495 e. The van der Waals surface area contributed by atoms with E-state index in [0.717, 1.165) is 0 Å². The molecule has 0 radical (unpaired) electrons. The van der Waals surface area contributed by atoms with E-state index in [-0.39, 0.29) is 0 Å². The van der Waals surface area contributed by atoms with Gasteiger partial charge in [0.25, 0.3) is 0 Å². The topological polar surface area (TPSA) is 38.3 Å². The zero-order valence-electron chi connectivity index (χ0n) is 6.50. The molecule has 0 saturated heterocycles. The van der Waals surface area contributed by atoms with Gasteiger partial charge in [-0.2, -0.15) is 0 Å². The van der Waals surface area contributed by atoms with Gasteiger partial charge < -0.3 is 10.1 Å². The molecule has 0 atom stereocenters. The van der Waals surface area contributed by atoms with Crippen molar-refractivity contribution in [3.05, 3.63) is 23.2 Å². The second-order valence-electron chi connectivity index (χ2n) is 2.11. The van der Waals surface area contributed by atoms with Gasteiger partial charge in [-0.1, -0.05) is 11.6 Å². The van der Waals surface area contributed by atoms with Gasteiger partial charge in [-0.15, -0.1) is 0 Å². The Morgan fingerprint density at radius 2 is 2.33 bits per heavy atom. The van der Waals surface area contributed by atoms with Crippen molar-refractivity contribution in [1.29, 1.82) is 0 Å². The highest BCUT2D eigenvalue weighted by atomic mass is 35.5. The van der Waals surface area contributed by atoms with Crippen LogP contribution in [0.2, 0.25) is 5.02 Å². The van der Waals surface area contributed by atoms with Crippen molar-refractivity contribution >= 4 is 23.7 Å². The number of halogens is 1. The lowest BCUT2D eigenvalue weighted by atomic mass is 10.3. The monoisotopic (exact) mass is 185 g/mol. The lowest BCUT2D eigenvalue weighted by Gasteiger charge is -2.06. The van der Waals surface area contributed by atoms with Crippen LogP contribution in [0, 0.1) is 0 Å². The van der Waals surface area contributed by atoms with Crippen LogP contribution in [0.5, 0.6) is 5.75 Å². The van der Waals surface area contributed by atoms with Gasteiger partial charge in [0.2, 0.25) is 6.41 Å². The molecule has 1 amide bonds. The summed E-state index contributed by atoms with van der Waals surface area (Å²) in [6.45, 7) is 0. The summed E-state index contributed by atoms with van der Waals surface area (Å²) in [5.74, 6) is 0.589. The molecule has 1 aromatic rings. The fraction of sp³-hybridized carbons (Fsp3) is 0.125. The first-order valence-electron chi connectivity index (χ1n) is 3.31. The molecule has 4 heteroatoms. The van der Waals surface area contributed by atoms with Crippen LogP contribution in [0.25, 0.3) is 0 Å². The fourth-order valence-electron chi connectivity index (χ4n) is 0.856. The predicted octanol–water partition coefficient (Wildman–Crippen LogP) is 1.92. The zero-order valence-corrected chi connectivity index (χ0v) is 7.26. The lowest BCUT2D eigenvalue weighted by molar-refractivity contribution is -0.105. The average molecular weight is 186 g/mol. The van der Waals surface area contributed by atoms with Crippen LogP contribution in [-0.4, -0.2) is 13.5 Å². The number of hydrogen-bond donors (Lipinski definition) is 1. The summed E-state index contributed by atoms with van der Waals surface area (Å²) in [4.78, 5) is 10.1. The Kier molecular flexibility index (Phi) is 2.94. The van der Waals surface area contributed by atoms with E-state index in [9.17, 15) is 4.79 Å². The summed E-state index contributed by atoms with van der Waals surface area (Å²) in [7, 11) is 1.53. The molecule has 0 heterocycles. The fourth-order valence-corrected chi connectivity index (χ4v) is 1.03. The summed E-state index contributed by atoms with van der Waals surface area (Å²) in [6, 6.07) is 5.00. The first kappa shape index (κ1) is 8.87. The van der Waals surface area contributed by atoms with E-state index in [1.165, 1.54) is 7.11 Å². The maximum Gasteiger partial charge on any atom is 0.211 e. The molecule has 1 N–H and O–H groups in total. The molecule has 0 fully saturated rings. The highest BCUT2D eigenvalue weighted by Crippen LogP contribution is 2.26. The second kappa shape index (κ2) is 3.97.